The summed E-state index contributed by atoms with van der Waals surface area (Å²) in [6, 6.07) is 0. The highest BCUT2D eigenvalue weighted by atomic mass is 127. The first kappa shape index (κ1) is 13.7. The maximum absolute atomic E-state index is 4.60. The second kappa shape index (κ2) is 5.92. The van der Waals surface area contributed by atoms with Gasteiger partial charge in [0.25, 0.3) is 0 Å². The van der Waals surface area contributed by atoms with E-state index in [0.717, 1.165) is 38.7 Å². The van der Waals surface area contributed by atoms with Crippen LogP contribution < -0.4 is 5.32 Å². The van der Waals surface area contributed by atoms with Gasteiger partial charge in [-0.1, -0.05) is 6.92 Å². The molecule has 2 aromatic heterocycles. The molecule has 1 N–H and O–H groups in total. The SMILES string of the molecule is CCNc1nc(-c2csc(C)n2)nc(CC)c1I. The summed E-state index contributed by atoms with van der Waals surface area (Å²) >= 11 is 3.92. The van der Waals surface area contributed by atoms with Crippen LogP contribution in [-0.4, -0.2) is 21.5 Å². The van der Waals surface area contributed by atoms with Crippen LogP contribution in [0.25, 0.3) is 11.5 Å². The molecule has 0 aliphatic rings. The van der Waals surface area contributed by atoms with Crippen LogP contribution in [0.2, 0.25) is 0 Å². The quantitative estimate of drug-likeness (QED) is 0.833. The van der Waals surface area contributed by atoms with E-state index in [2.05, 4.69) is 56.7 Å². The Kier molecular flexibility index (Phi) is 4.50. The molecular weight excluding hydrogens is 359 g/mol. The summed E-state index contributed by atoms with van der Waals surface area (Å²) in [5.41, 5.74) is 1.94. The van der Waals surface area contributed by atoms with Crippen molar-refractivity contribution in [3.63, 3.8) is 0 Å². The van der Waals surface area contributed by atoms with Gasteiger partial charge in [-0.25, -0.2) is 15.0 Å². The molecule has 0 saturated carbocycles. The largest absolute Gasteiger partial charge is 0.369 e. The van der Waals surface area contributed by atoms with Gasteiger partial charge < -0.3 is 5.32 Å². The average molecular weight is 374 g/mol. The molecular formula is C12H15IN4S. The number of hydrogen-bond donors (Lipinski definition) is 1. The van der Waals surface area contributed by atoms with Crippen molar-refractivity contribution >= 4 is 39.7 Å². The van der Waals surface area contributed by atoms with Gasteiger partial charge in [-0.2, -0.15) is 0 Å². The summed E-state index contributed by atoms with van der Waals surface area (Å²) in [4.78, 5) is 13.6. The van der Waals surface area contributed by atoms with E-state index < -0.39 is 0 Å². The second-order valence-corrected chi connectivity index (χ2v) is 5.93. The zero-order valence-corrected chi connectivity index (χ0v) is 13.6. The van der Waals surface area contributed by atoms with Crippen LogP contribution in [0.3, 0.4) is 0 Å². The van der Waals surface area contributed by atoms with E-state index in [9.17, 15) is 0 Å². The predicted octanol–water partition coefficient (Wildman–Crippen LogP) is 3.51. The minimum absolute atomic E-state index is 0.715. The molecule has 2 aromatic rings. The fraction of sp³-hybridized carbons (Fsp3) is 0.417. The van der Waals surface area contributed by atoms with Crippen molar-refractivity contribution < 1.29 is 0 Å². The number of nitrogens with zero attached hydrogens (tertiary/aromatic N) is 3. The summed E-state index contributed by atoms with van der Waals surface area (Å²) in [5.74, 6) is 1.62. The number of nitrogens with one attached hydrogen (secondary N) is 1. The third-order valence-electron chi connectivity index (χ3n) is 2.45. The number of hydrogen-bond acceptors (Lipinski definition) is 5. The molecule has 0 aliphatic carbocycles. The van der Waals surface area contributed by atoms with Gasteiger partial charge in [0.2, 0.25) is 0 Å². The standard InChI is InChI=1S/C12H15IN4S/c1-4-8-10(13)12(14-5-2)17-11(16-8)9-6-18-7(3)15-9/h6H,4-5H2,1-3H3,(H,14,16,17). The molecule has 96 valence electrons. The Morgan fingerprint density at radius 1 is 1.28 bits per heavy atom. The molecule has 0 radical (unpaired) electrons. The highest BCUT2D eigenvalue weighted by molar-refractivity contribution is 14.1. The normalized spacial score (nSPS) is 10.7. The van der Waals surface area contributed by atoms with Crippen LogP contribution in [0.15, 0.2) is 5.38 Å². The van der Waals surface area contributed by atoms with Crippen molar-refractivity contribution in [1.82, 2.24) is 15.0 Å². The molecule has 0 fully saturated rings. The minimum Gasteiger partial charge on any atom is -0.369 e. The Morgan fingerprint density at radius 3 is 2.61 bits per heavy atom. The number of aromatic nitrogens is 3. The van der Waals surface area contributed by atoms with Gasteiger partial charge in [-0.3, -0.25) is 0 Å². The lowest BCUT2D eigenvalue weighted by molar-refractivity contribution is 0.977. The molecule has 0 unspecified atom stereocenters. The maximum Gasteiger partial charge on any atom is 0.181 e. The molecule has 0 spiro atoms. The van der Waals surface area contributed by atoms with Crippen LogP contribution in [0.5, 0.6) is 0 Å². The van der Waals surface area contributed by atoms with Gasteiger partial charge in [0.15, 0.2) is 5.82 Å². The van der Waals surface area contributed by atoms with Crippen LogP contribution in [-0.2, 0) is 6.42 Å². The van der Waals surface area contributed by atoms with Gasteiger partial charge in [0.1, 0.15) is 11.5 Å². The number of rotatable bonds is 4. The third-order valence-corrected chi connectivity index (χ3v) is 4.35. The minimum atomic E-state index is 0.715. The van der Waals surface area contributed by atoms with E-state index in [1.54, 1.807) is 11.3 Å². The van der Waals surface area contributed by atoms with E-state index >= 15 is 0 Å². The Labute approximate surface area is 124 Å². The summed E-state index contributed by atoms with van der Waals surface area (Å²) in [7, 11) is 0. The number of aryl methyl sites for hydroxylation is 2. The molecule has 0 bridgehead atoms. The summed E-state index contributed by atoms with van der Waals surface area (Å²) in [5, 5.41) is 6.33. The van der Waals surface area contributed by atoms with Gasteiger partial charge in [-0.05, 0) is 42.9 Å². The Hall–Kier alpha value is -0.760. The topological polar surface area (TPSA) is 50.7 Å². The molecule has 2 rings (SSSR count). The van der Waals surface area contributed by atoms with Gasteiger partial charge >= 0.3 is 0 Å². The third kappa shape index (κ3) is 2.80. The van der Waals surface area contributed by atoms with Gasteiger partial charge in [-0.15, -0.1) is 11.3 Å². The molecule has 0 aromatic carbocycles. The zero-order chi connectivity index (χ0) is 13.1. The Balaban J connectivity index is 2.51. The van der Waals surface area contributed by atoms with Crippen molar-refractivity contribution in [2.24, 2.45) is 0 Å². The molecule has 0 saturated heterocycles. The lowest BCUT2D eigenvalue weighted by Crippen LogP contribution is -2.07. The van der Waals surface area contributed by atoms with E-state index in [1.165, 1.54) is 0 Å². The molecule has 0 amide bonds. The molecule has 6 heteroatoms. The van der Waals surface area contributed by atoms with Crippen molar-refractivity contribution in [3.05, 3.63) is 19.7 Å². The van der Waals surface area contributed by atoms with E-state index in [0.29, 0.717) is 5.82 Å². The lowest BCUT2D eigenvalue weighted by Gasteiger charge is -2.10. The predicted molar refractivity (Wildman–Crippen MR) is 84.1 cm³/mol. The molecule has 2 heterocycles. The average Bonchev–Trinajstić information content (AvgIpc) is 2.79. The number of anilines is 1. The molecule has 0 aliphatic heterocycles. The lowest BCUT2D eigenvalue weighted by atomic mass is 10.3. The second-order valence-electron chi connectivity index (χ2n) is 3.79. The zero-order valence-electron chi connectivity index (χ0n) is 10.6. The molecule has 0 atom stereocenters. The van der Waals surface area contributed by atoms with E-state index in [1.807, 2.05) is 12.3 Å². The summed E-state index contributed by atoms with van der Waals surface area (Å²) in [6.07, 6.45) is 0.898. The van der Waals surface area contributed by atoms with Crippen LogP contribution in [0.1, 0.15) is 24.5 Å². The first-order valence-corrected chi connectivity index (χ1v) is 7.84. The Morgan fingerprint density at radius 2 is 2.06 bits per heavy atom. The van der Waals surface area contributed by atoms with Crippen molar-refractivity contribution in [3.8, 4) is 11.5 Å². The smallest absolute Gasteiger partial charge is 0.181 e. The van der Waals surface area contributed by atoms with Crippen molar-refractivity contribution in [2.45, 2.75) is 27.2 Å². The fourth-order valence-electron chi connectivity index (χ4n) is 1.59. The number of halogens is 1. The van der Waals surface area contributed by atoms with Crippen LogP contribution in [0.4, 0.5) is 5.82 Å². The molecule has 18 heavy (non-hydrogen) atoms. The first-order valence-electron chi connectivity index (χ1n) is 5.88. The monoisotopic (exact) mass is 374 g/mol. The fourth-order valence-corrected chi connectivity index (χ4v) is 3.00. The van der Waals surface area contributed by atoms with Crippen molar-refractivity contribution in [2.75, 3.05) is 11.9 Å². The van der Waals surface area contributed by atoms with Crippen molar-refractivity contribution in [1.29, 1.82) is 0 Å². The van der Waals surface area contributed by atoms with Gasteiger partial charge in [0.05, 0.1) is 14.3 Å². The Bertz CT molecular complexity index is 553. The summed E-state index contributed by atoms with van der Waals surface area (Å²) < 4.78 is 1.10. The maximum atomic E-state index is 4.60. The van der Waals surface area contributed by atoms with Crippen LogP contribution >= 0.6 is 33.9 Å². The highest BCUT2D eigenvalue weighted by Crippen LogP contribution is 2.25. The highest BCUT2D eigenvalue weighted by Gasteiger charge is 2.13. The first-order chi connectivity index (χ1) is 8.65. The number of thiazole rings is 1. The molecule has 4 nitrogen and oxygen atoms in total. The van der Waals surface area contributed by atoms with E-state index in [4.69, 9.17) is 0 Å². The van der Waals surface area contributed by atoms with Gasteiger partial charge in [0, 0.05) is 11.9 Å². The van der Waals surface area contributed by atoms with Crippen LogP contribution in [0, 0.1) is 10.5 Å². The van der Waals surface area contributed by atoms with E-state index in [-0.39, 0.29) is 0 Å². The summed E-state index contributed by atoms with van der Waals surface area (Å²) in [6.45, 7) is 7.02.